The number of hydrogen-bond donors (Lipinski definition) is 3. The predicted octanol–water partition coefficient (Wildman–Crippen LogP) is 5.46. The number of carbonyl (C=O) groups is 1. The van der Waals surface area contributed by atoms with E-state index >= 15 is 0 Å². The van der Waals surface area contributed by atoms with Gasteiger partial charge >= 0.3 is 0 Å². The fourth-order valence-electron chi connectivity index (χ4n) is 4.09. The third-order valence-corrected chi connectivity index (χ3v) is 5.91. The van der Waals surface area contributed by atoms with Crippen LogP contribution in [0.3, 0.4) is 0 Å². The Kier molecular flexibility index (Phi) is 5.23. The summed E-state index contributed by atoms with van der Waals surface area (Å²) in [4.78, 5) is 29.2. The summed E-state index contributed by atoms with van der Waals surface area (Å²) in [6, 6.07) is 19.5. The number of pyridine rings is 1. The molecule has 8 heteroatoms. The summed E-state index contributed by atoms with van der Waals surface area (Å²) >= 11 is 0. The van der Waals surface area contributed by atoms with Crippen molar-refractivity contribution < 1.29 is 4.79 Å². The highest BCUT2D eigenvalue weighted by Crippen LogP contribution is 2.25. The molecule has 0 unspecified atom stereocenters. The van der Waals surface area contributed by atoms with Crippen molar-refractivity contribution in [2.24, 2.45) is 0 Å². The van der Waals surface area contributed by atoms with E-state index in [9.17, 15) is 4.79 Å². The Morgan fingerprint density at radius 2 is 1.89 bits per heavy atom. The number of nitrogens with one attached hydrogen (secondary N) is 3. The molecule has 0 fully saturated rings. The van der Waals surface area contributed by atoms with Crippen molar-refractivity contribution >= 4 is 39.1 Å². The zero-order valence-electron chi connectivity index (χ0n) is 18.7. The molecule has 0 bridgehead atoms. The Balaban J connectivity index is 1.21. The smallest absolute Gasteiger partial charge is 0.179 e. The quantitative estimate of drug-likeness (QED) is 0.274. The number of fused-ring (bicyclic) bond motifs is 2. The van der Waals surface area contributed by atoms with Gasteiger partial charge in [0.15, 0.2) is 11.6 Å². The molecule has 3 N–H and O–H groups in total. The summed E-state index contributed by atoms with van der Waals surface area (Å²) in [5.41, 5.74) is 5.29. The number of aryl methyl sites for hydroxylation is 1. The van der Waals surface area contributed by atoms with E-state index in [0.29, 0.717) is 30.2 Å². The van der Waals surface area contributed by atoms with Gasteiger partial charge < -0.3 is 10.3 Å². The van der Waals surface area contributed by atoms with Crippen LogP contribution in [-0.4, -0.2) is 35.9 Å². The summed E-state index contributed by atoms with van der Waals surface area (Å²) in [6.45, 7) is 0. The average Bonchev–Trinajstić information content (AvgIpc) is 3.54. The molecule has 0 aliphatic rings. The van der Waals surface area contributed by atoms with Crippen LogP contribution in [0.25, 0.3) is 33.2 Å². The van der Waals surface area contributed by atoms with Gasteiger partial charge in [0, 0.05) is 52.6 Å². The van der Waals surface area contributed by atoms with Crippen LogP contribution < -0.4 is 5.32 Å². The van der Waals surface area contributed by atoms with Gasteiger partial charge in [-0.1, -0.05) is 18.2 Å². The molecule has 8 nitrogen and oxygen atoms in total. The van der Waals surface area contributed by atoms with Crippen LogP contribution in [0.2, 0.25) is 0 Å². The molecule has 0 spiro atoms. The van der Waals surface area contributed by atoms with E-state index in [4.69, 9.17) is 0 Å². The van der Waals surface area contributed by atoms with Crippen LogP contribution in [-0.2, 0) is 6.42 Å². The zero-order valence-corrected chi connectivity index (χ0v) is 18.7. The lowest BCUT2D eigenvalue weighted by atomic mass is 10.1. The number of rotatable bonds is 7. The van der Waals surface area contributed by atoms with E-state index < -0.39 is 0 Å². The van der Waals surface area contributed by atoms with Crippen LogP contribution in [0.15, 0.2) is 85.5 Å². The molecule has 0 aliphatic carbocycles. The number of hydrogen-bond acceptors (Lipinski definition) is 6. The highest BCUT2D eigenvalue weighted by atomic mass is 16.1. The topological polar surface area (TPSA) is 112 Å². The second-order valence-corrected chi connectivity index (χ2v) is 8.33. The molecule has 0 atom stereocenters. The van der Waals surface area contributed by atoms with E-state index in [-0.39, 0.29) is 5.78 Å². The Bertz CT molecular complexity index is 1650. The van der Waals surface area contributed by atoms with Crippen LogP contribution in [0.4, 0.5) is 11.5 Å². The third-order valence-electron chi connectivity index (χ3n) is 5.91. The molecule has 6 aromatic rings. The maximum Gasteiger partial charge on any atom is 0.179 e. The Morgan fingerprint density at radius 3 is 2.80 bits per heavy atom. The zero-order chi connectivity index (χ0) is 23.6. The molecule has 2 aromatic carbocycles. The van der Waals surface area contributed by atoms with Crippen molar-refractivity contribution in [1.82, 2.24) is 30.1 Å². The van der Waals surface area contributed by atoms with Crippen LogP contribution >= 0.6 is 0 Å². The minimum absolute atomic E-state index is 0.0728. The van der Waals surface area contributed by atoms with E-state index in [1.54, 1.807) is 24.8 Å². The lowest BCUT2D eigenvalue weighted by Crippen LogP contribution is -2.01. The van der Waals surface area contributed by atoms with Crippen molar-refractivity contribution in [3.63, 3.8) is 0 Å². The molecule has 0 saturated carbocycles. The first kappa shape index (κ1) is 20.7. The highest BCUT2D eigenvalue weighted by Gasteiger charge is 2.12. The standard InChI is InChI=1S/C27H21N7O/c35-25(8-3-17-2-1-10-28-15-17)24-13-18-4-5-19(14-23(18)32-24)27-29-11-9-26(33-27)31-21-6-7-22-20(12-21)16-30-34-22/h1-2,4-7,9-16,32H,3,8H2,(H,30,34)(H,29,31,33). The maximum atomic E-state index is 12.7. The number of aromatic nitrogens is 6. The number of benzene rings is 2. The van der Waals surface area contributed by atoms with E-state index in [1.807, 2.05) is 60.7 Å². The Labute approximate surface area is 200 Å². The largest absolute Gasteiger partial charge is 0.352 e. The van der Waals surface area contributed by atoms with Crippen molar-refractivity contribution in [3.8, 4) is 11.4 Å². The van der Waals surface area contributed by atoms with E-state index in [2.05, 4.69) is 35.5 Å². The summed E-state index contributed by atoms with van der Waals surface area (Å²) in [5, 5.41) is 12.3. The molecule has 0 radical (unpaired) electrons. The van der Waals surface area contributed by atoms with Crippen molar-refractivity contribution in [2.75, 3.05) is 5.32 Å². The lowest BCUT2D eigenvalue weighted by Gasteiger charge is -2.07. The van der Waals surface area contributed by atoms with Gasteiger partial charge in [0.1, 0.15) is 5.82 Å². The summed E-state index contributed by atoms with van der Waals surface area (Å²) in [5.74, 6) is 1.36. The molecule has 4 heterocycles. The van der Waals surface area contributed by atoms with Crippen molar-refractivity contribution in [3.05, 3.63) is 96.7 Å². The fourth-order valence-corrected chi connectivity index (χ4v) is 4.09. The van der Waals surface area contributed by atoms with E-state index in [1.165, 1.54) is 0 Å². The number of Topliss-reactive ketones (excluding diaryl/α,β-unsaturated/α-hetero) is 1. The SMILES string of the molecule is O=C(CCc1cccnc1)c1cc2ccc(-c3nccc(Nc4ccc5[nH]ncc5c4)n3)cc2[nH]1. The molecule has 35 heavy (non-hydrogen) atoms. The number of nitrogens with zero attached hydrogens (tertiary/aromatic N) is 4. The molecular weight excluding hydrogens is 438 g/mol. The van der Waals surface area contributed by atoms with Crippen LogP contribution in [0, 0.1) is 0 Å². The Morgan fingerprint density at radius 1 is 0.914 bits per heavy atom. The second kappa shape index (κ2) is 8.83. The number of ketones is 1. The molecule has 0 amide bonds. The molecule has 4 aromatic heterocycles. The number of carbonyl (C=O) groups excluding carboxylic acids is 1. The second-order valence-electron chi connectivity index (χ2n) is 8.33. The number of anilines is 2. The van der Waals surface area contributed by atoms with Gasteiger partial charge in [-0.3, -0.25) is 14.9 Å². The third kappa shape index (κ3) is 4.37. The molecule has 6 rings (SSSR count). The van der Waals surface area contributed by atoms with Gasteiger partial charge in [-0.25, -0.2) is 9.97 Å². The first-order valence-electron chi connectivity index (χ1n) is 11.3. The minimum Gasteiger partial charge on any atom is -0.352 e. The van der Waals surface area contributed by atoms with Gasteiger partial charge in [-0.15, -0.1) is 0 Å². The van der Waals surface area contributed by atoms with Crippen molar-refractivity contribution in [2.45, 2.75) is 12.8 Å². The molecule has 0 aliphatic heterocycles. The summed E-state index contributed by atoms with van der Waals surface area (Å²) < 4.78 is 0. The first-order chi connectivity index (χ1) is 17.2. The molecule has 170 valence electrons. The fraction of sp³-hybridized carbons (Fsp3) is 0.0741. The van der Waals surface area contributed by atoms with Gasteiger partial charge in [0.2, 0.25) is 0 Å². The van der Waals surface area contributed by atoms with Gasteiger partial charge in [-0.2, -0.15) is 5.10 Å². The van der Waals surface area contributed by atoms with E-state index in [0.717, 1.165) is 38.6 Å². The molecule has 0 saturated heterocycles. The predicted molar refractivity (Wildman–Crippen MR) is 136 cm³/mol. The first-order valence-corrected chi connectivity index (χ1v) is 11.3. The summed E-state index contributed by atoms with van der Waals surface area (Å²) in [7, 11) is 0. The highest BCUT2D eigenvalue weighted by molar-refractivity contribution is 6.00. The number of H-pyrrole nitrogens is 2. The minimum atomic E-state index is 0.0728. The monoisotopic (exact) mass is 459 g/mol. The average molecular weight is 460 g/mol. The van der Waals surface area contributed by atoms with Gasteiger partial charge in [0.25, 0.3) is 0 Å². The van der Waals surface area contributed by atoms with Crippen molar-refractivity contribution in [1.29, 1.82) is 0 Å². The molecular formula is C27H21N7O. The van der Waals surface area contributed by atoms with Crippen LogP contribution in [0.5, 0.6) is 0 Å². The number of aromatic amines is 2. The van der Waals surface area contributed by atoms with Gasteiger partial charge in [0.05, 0.1) is 17.4 Å². The summed E-state index contributed by atoms with van der Waals surface area (Å²) in [6.07, 6.45) is 8.13. The van der Waals surface area contributed by atoms with Gasteiger partial charge in [-0.05, 0) is 54.4 Å². The van der Waals surface area contributed by atoms with Crippen LogP contribution in [0.1, 0.15) is 22.5 Å². The normalized spacial score (nSPS) is 11.2. The Hall–Kier alpha value is -4.85. The maximum absolute atomic E-state index is 12.7. The lowest BCUT2D eigenvalue weighted by molar-refractivity contribution is 0.0979.